The maximum atomic E-state index is 12.5. The molecule has 0 spiro atoms. The number of aryl methyl sites for hydroxylation is 1. The standard InChI is InChI=1S/C20H19N5O/c1-2-24-18-11-7-6-10-17(18)23-19(24)13-21-20(26)15-12-22-25(14-15)16-8-4-3-5-9-16/h3-12,14H,2,13H2,1H3,(H,21,26). The van der Waals surface area contributed by atoms with Crippen molar-refractivity contribution in [3.8, 4) is 5.69 Å². The van der Waals surface area contributed by atoms with Crippen molar-refractivity contribution >= 4 is 16.9 Å². The summed E-state index contributed by atoms with van der Waals surface area (Å²) in [6.07, 6.45) is 3.30. The number of benzene rings is 2. The van der Waals surface area contributed by atoms with Gasteiger partial charge in [0.15, 0.2) is 0 Å². The number of carbonyl (C=O) groups excluding carboxylic acids is 1. The molecule has 0 radical (unpaired) electrons. The van der Waals surface area contributed by atoms with Gasteiger partial charge in [-0.15, -0.1) is 0 Å². The molecular formula is C20H19N5O. The van der Waals surface area contributed by atoms with Crippen LogP contribution in [0.15, 0.2) is 67.0 Å². The summed E-state index contributed by atoms with van der Waals surface area (Å²) in [5, 5.41) is 7.21. The molecule has 130 valence electrons. The maximum absolute atomic E-state index is 12.5. The van der Waals surface area contributed by atoms with Crippen LogP contribution < -0.4 is 5.32 Å². The molecule has 0 aliphatic carbocycles. The van der Waals surface area contributed by atoms with Crippen LogP contribution in [0.3, 0.4) is 0 Å². The van der Waals surface area contributed by atoms with Gasteiger partial charge >= 0.3 is 0 Å². The lowest BCUT2D eigenvalue weighted by Crippen LogP contribution is -2.24. The summed E-state index contributed by atoms with van der Waals surface area (Å²) in [7, 11) is 0. The Balaban J connectivity index is 1.50. The van der Waals surface area contributed by atoms with E-state index in [-0.39, 0.29) is 5.91 Å². The first-order valence-electron chi connectivity index (χ1n) is 8.58. The van der Waals surface area contributed by atoms with E-state index < -0.39 is 0 Å². The lowest BCUT2D eigenvalue weighted by Gasteiger charge is -2.07. The summed E-state index contributed by atoms with van der Waals surface area (Å²) >= 11 is 0. The Kier molecular flexibility index (Phi) is 4.23. The fraction of sp³-hybridized carbons (Fsp3) is 0.150. The molecule has 6 heteroatoms. The average Bonchev–Trinajstić information content (AvgIpc) is 3.31. The van der Waals surface area contributed by atoms with Gasteiger partial charge in [0.1, 0.15) is 5.82 Å². The smallest absolute Gasteiger partial charge is 0.254 e. The first kappa shape index (κ1) is 16.1. The van der Waals surface area contributed by atoms with Crippen molar-refractivity contribution in [1.82, 2.24) is 24.6 Å². The first-order valence-corrected chi connectivity index (χ1v) is 8.58. The fourth-order valence-corrected chi connectivity index (χ4v) is 3.04. The number of aromatic nitrogens is 4. The Morgan fingerprint density at radius 2 is 1.85 bits per heavy atom. The molecule has 2 aromatic carbocycles. The number of hydrogen-bond acceptors (Lipinski definition) is 3. The van der Waals surface area contributed by atoms with E-state index in [0.29, 0.717) is 12.1 Å². The van der Waals surface area contributed by atoms with Crippen molar-refractivity contribution in [3.63, 3.8) is 0 Å². The molecule has 0 aliphatic rings. The SMILES string of the molecule is CCn1c(CNC(=O)c2cnn(-c3ccccc3)c2)nc2ccccc21. The van der Waals surface area contributed by atoms with Crippen LogP contribution in [0.25, 0.3) is 16.7 Å². The molecule has 4 aromatic rings. The number of nitrogens with zero attached hydrogens (tertiary/aromatic N) is 4. The van der Waals surface area contributed by atoms with Crippen molar-refractivity contribution in [3.05, 3.63) is 78.4 Å². The molecule has 26 heavy (non-hydrogen) atoms. The van der Waals surface area contributed by atoms with E-state index in [9.17, 15) is 4.79 Å². The number of nitrogens with one attached hydrogen (secondary N) is 1. The topological polar surface area (TPSA) is 64.7 Å². The highest BCUT2D eigenvalue weighted by atomic mass is 16.1. The van der Waals surface area contributed by atoms with Crippen LogP contribution in [0.5, 0.6) is 0 Å². The molecular weight excluding hydrogens is 326 g/mol. The predicted molar refractivity (Wildman–Crippen MR) is 100 cm³/mol. The minimum absolute atomic E-state index is 0.165. The van der Waals surface area contributed by atoms with Gasteiger partial charge in [0.2, 0.25) is 0 Å². The zero-order valence-corrected chi connectivity index (χ0v) is 14.5. The minimum Gasteiger partial charge on any atom is -0.345 e. The molecule has 0 unspecified atom stereocenters. The molecule has 2 heterocycles. The third-order valence-corrected chi connectivity index (χ3v) is 4.32. The van der Waals surface area contributed by atoms with E-state index in [0.717, 1.165) is 29.1 Å². The molecule has 0 fully saturated rings. The second-order valence-corrected chi connectivity index (χ2v) is 5.95. The van der Waals surface area contributed by atoms with Crippen LogP contribution in [0, 0.1) is 0 Å². The number of fused-ring (bicyclic) bond motifs is 1. The lowest BCUT2D eigenvalue weighted by atomic mass is 10.3. The van der Waals surface area contributed by atoms with Gasteiger partial charge in [0.25, 0.3) is 5.91 Å². The summed E-state index contributed by atoms with van der Waals surface area (Å²) in [6.45, 7) is 3.25. The van der Waals surface area contributed by atoms with E-state index in [2.05, 4.69) is 26.9 Å². The van der Waals surface area contributed by atoms with E-state index in [1.807, 2.05) is 54.6 Å². The van der Waals surface area contributed by atoms with Crippen LogP contribution in [0.4, 0.5) is 0 Å². The van der Waals surface area contributed by atoms with Gasteiger partial charge in [-0.25, -0.2) is 9.67 Å². The molecule has 0 bridgehead atoms. The Labute approximate surface area is 151 Å². The zero-order chi connectivity index (χ0) is 17.9. The van der Waals surface area contributed by atoms with E-state index >= 15 is 0 Å². The Bertz CT molecular complexity index is 1050. The molecule has 0 saturated carbocycles. The van der Waals surface area contributed by atoms with Gasteiger partial charge in [-0.3, -0.25) is 4.79 Å². The second kappa shape index (κ2) is 6.84. The van der Waals surface area contributed by atoms with E-state index in [4.69, 9.17) is 0 Å². The largest absolute Gasteiger partial charge is 0.345 e. The van der Waals surface area contributed by atoms with Crippen molar-refractivity contribution < 1.29 is 4.79 Å². The van der Waals surface area contributed by atoms with Crippen LogP contribution in [0.1, 0.15) is 23.1 Å². The number of rotatable bonds is 5. The maximum Gasteiger partial charge on any atom is 0.254 e. The molecule has 0 aliphatic heterocycles. The van der Waals surface area contributed by atoms with Gasteiger partial charge in [0, 0.05) is 12.7 Å². The molecule has 6 nitrogen and oxygen atoms in total. The highest BCUT2D eigenvalue weighted by Gasteiger charge is 2.13. The summed E-state index contributed by atoms with van der Waals surface area (Å²) < 4.78 is 3.80. The Hall–Kier alpha value is -3.41. The number of para-hydroxylation sites is 3. The van der Waals surface area contributed by atoms with Crippen molar-refractivity contribution in [2.75, 3.05) is 0 Å². The van der Waals surface area contributed by atoms with Gasteiger partial charge in [-0.1, -0.05) is 30.3 Å². The van der Waals surface area contributed by atoms with Crippen LogP contribution in [0.2, 0.25) is 0 Å². The molecule has 1 amide bonds. The van der Waals surface area contributed by atoms with Gasteiger partial charge in [0.05, 0.1) is 35.0 Å². The number of hydrogen-bond donors (Lipinski definition) is 1. The van der Waals surface area contributed by atoms with Crippen LogP contribution in [-0.2, 0) is 13.1 Å². The third-order valence-electron chi connectivity index (χ3n) is 4.32. The normalized spacial score (nSPS) is 11.0. The Morgan fingerprint density at radius 3 is 2.65 bits per heavy atom. The number of amides is 1. The molecule has 0 atom stereocenters. The highest BCUT2D eigenvalue weighted by molar-refractivity contribution is 5.93. The predicted octanol–water partition coefficient (Wildman–Crippen LogP) is 3.17. The van der Waals surface area contributed by atoms with E-state index in [1.165, 1.54) is 0 Å². The summed E-state index contributed by atoms with van der Waals surface area (Å²) in [5.41, 5.74) is 3.46. The minimum atomic E-state index is -0.165. The van der Waals surface area contributed by atoms with Gasteiger partial charge < -0.3 is 9.88 Å². The lowest BCUT2D eigenvalue weighted by molar-refractivity contribution is 0.0949. The first-order chi connectivity index (χ1) is 12.8. The van der Waals surface area contributed by atoms with Crippen LogP contribution in [-0.4, -0.2) is 25.2 Å². The van der Waals surface area contributed by atoms with Gasteiger partial charge in [-0.2, -0.15) is 5.10 Å². The summed E-state index contributed by atoms with van der Waals surface area (Å²) in [4.78, 5) is 17.1. The molecule has 4 rings (SSSR count). The third kappa shape index (κ3) is 2.97. The second-order valence-electron chi connectivity index (χ2n) is 5.95. The van der Waals surface area contributed by atoms with Crippen LogP contribution >= 0.6 is 0 Å². The Morgan fingerprint density at radius 1 is 1.08 bits per heavy atom. The van der Waals surface area contributed by atoms with E-state index in [1.54, 1.807) is 17.1 Å². The number of carbonyl (C=O) groups is 1. The fourth-order valence-electron chi connectivity index (χ4n) is 3.04. The van der Waals surface area contributed by atoms with Crippen molar-refractivity contribution in [2.24, 2.45) is 0 Å². The zero-order valence-electron chi connectivity index (χ0n) is 14.5. The average molecular weight is 345 g/mol. The van der Waals surface area contributed by atoms with Gasteiger partial charge in [-0.05, 0) is 31.2 Å². The van der Waals surface area contributed by atoms with Crippen molar-refractivity contribution in [2.45, 2.75) is 20.0 Å². The number of imidazole rings is 1. The monoisotopic (exact) mass is 345 g/mol. The highest BCUT2D eigenvalue weighted by Crippen LogP contribution is 2.16. The van der Waals surface area contributed by atoms with Crippen molar-refractivity contribution in [1.29, 1.82) is 0 Å². The summed E-state index contributed by atoms with van der Waals surface area (Å²) in [5.74, 6) is 0.680. The molecule has 0 saturated heterocycles. The summed E-state index contributed by atoms with van der Waals surface area (Å²) in [6, 6.07) is 17.7. The molecule has 2 aromatic heterocycles. The molecule has 1 N–H and O–H groups in total. The quantitative estimate of drug-likeness (QED) is 0.604.